The average molecular weight is 262 g/mol. The van der Waals surface area contributed by atoms with Crippen LogP contribution < -0.4 is 0 Å². The van der Waals surface area contributed by atoms with E-state index in [1.165, 1.54) is 5.56 Å². The third-order valence-corrected chi connectivity index (χ3v) is 4.61. The lowest BCUT2D eigenvalue weighted by molar-refractivity contribution is -0.163. The minimum absolute atomic E-state index is 0.0537. The lowest BCUT2D eigenvalue weighted by Crippen LogP contribution is -2.46. The summed E-state index contributed by atoms with van der Waals surface area (Å²) in [5, 5.41) is 10.0. The topological polar surface area (TPSA) is 38.7 Å². The van der Waals surface area contributed by atoms with Crippen molar-refractivity contribution in [3.8, 4) is 0 Å². The van der Waals surface area contributed by atoms with E-state index in [0.29, 0.717) is 12.5 Å². The van der Waals surface area contributed by atoms with Gasteiger partial charge in [-0.2, -0.15) is 0 Å². The standard InChI is InChI=1S/C16H22O3/c1-10-14-8-13(17)16(19-14)11(2)15(10)18-9-12-6-4-3-5-7-12/h3-7,10-11,13-17H,8-9H2,1-2H3/t10?,11?,13-,14?,15?,16?/m1/s1. The fourth-order valence-corrected chi connectivity index (χ4v) is 3.48. The van der Waals surface area contributed by atoms with E-state index in [4.69, 9.17) is 9.47 Å². The Morgan fingerprint density at radius 2 is 1.95 bits per heavy atom. The maximum absolute atomic E-state index is 10.0. The zero-order valence-electron chi connectivity index (χ0n) is 11.5. The zero-order chi connectivity index (χ0) is 13.4. The normalized spacial score (nSPS) is 41.4. The molecule has 2 bridgehead atoms. The molecule has 2 aliphatic rings. The molecule has 3 heteroatoms. The van der Waals surface area contributed by atoms with E-state index in [0.717, 1.165) is 6.42 Å². The molecule has 19 heavy (non-hydrogen) atoms. The molecule has 3 rings (SSSR count). The molecule has 2 fully saturated rings. The first-order valence-corrected chi connectivity index (χ1v) is 7.16. The highest BCUT2D eigenvalue weighted by molar-refractivity contribution is 5.13. The fourth-order valence-electron chi connectivity index (χ4n) is 3.48. The Balaban J connectivity index is 1.67. The molecule has 1 N–H and O–H groups in total. The van der Waals surface area contributed by atoms with Gasteiger partial charge in [0.25, 0.3) is 0 Å². The van der Waals surface area contributed by atoms with Crippen molar-refractivity contribution in [3.05, 3.63) is 35.9 Å². The molecule has 0 spiro atoms. The molecular weight excluding hydrogens is 240 g/mol. The number of benzene rings is 1. The van der Waals surface area contributed by atoms with Gasteiger partial charge in [0.15, 0.2) is 0 Å². The van der Waals surface area contributed by atoms with Crippen molar-refractivity contribution in [2.24, 2.45) is 11.8 Å². The monoisotopic (exact) mass is 262 g/mol. The van der Waals surface area contributed by atoms with Gasteiger partial charge in [0.1, 0.15) is 0 Å². The van der Waals surface area contributed by atoms with E-state index in [-0.39, 0.29) is 30.3 Å². The van der Waals surface area contributed by atoms with Crippen molar-refractivity contribution < 1.29 is 14.6 Å². The third-order valence-electron chi connectivity index (χ3n) is 4.61. The maximum atomic E-state index is 10.0. The molecule has 0 radical (unpaired) electrons. The second-order valence-electron chi connectivity index (χ2n) is 5.92. The van der Waals surface area contributed by atoms with Gasteiger partial charge in [-0.15, -0.1) is 0 Å². The lowest BCUT2D eigenvalue weighted by Gasteiger charge is -2.39. The second kappa shape index (κ2) is 5.23. The summed E-state index contributed by atoms with van der Waals surface area (Å²) in [4.78, 5) is 0. The predicted molar refractivity (Wildman–Crippen MR) is 72.6 cm³/mol. The molecule has 6 atom stereocenters. The van der Waals surface area contributed by atoms with Crippen LogP contribution in [0.15, 0.2) is 30.3 Å². The number of hydrogen-bond acceptors (Lipinski definition) is 3. The van der Waals surface area contributed by atoms with Gasteiger partial charge < -0.3 is 14.6 Å². The van der Waals surface area contributed by atoms with E-state index >= 15 is 0 Å². The maximum Gasteiger partial charge on any atom is 0.0889 e. The van der Waals surface area contributed by atoms with Crippen molar-refractivity contribution in [2.45, 2.75) is 51.3 Å². The first-order chi connectivity index (χ1) is 9.16. The molecule has 1 aromatic carbocycles. The number of hydrogen-bond donors (Lipinski definition) is 1. The van der Waals surface area contributed by atoms with Crippen LogP contribution in [0, 0.1) is 11.8 Å². The number of fused-ring (bicyclic) bond motifs is 2. The summed E-state index contributed by atoms with van der Waals surface area (Å²) in [5.74, 6) is 0.583. The minimum atomic E-state index is -0.326. The minimum Gasteiger partial charge on any atom is -0.390 e. The van der Waals surface area contributed by atoms with Crippen LogP contribution in [-0.2, 0) is 16.1 Å². The van der Waals surface area contributed by atoms with Gasteiger partial charge in [-0.1, -0.05) is 44.2 Å². The van der Waals surface area contributed by atoms with Crippen LogP contribution in [0.5, 0.6) is 0 Å². The van der Waals surface area contributed by atoms with E-state index in [1.807, 2.05) is 18.2 Å². The van der Waals surface area contributed by atoms with Crippen molar-refractivity contribution in [2.75, 3.05) is 0 Å². The van der Waals surface area contributed by atoms with E-state index in [1.54, 1.807) is 0 Å². The van der Waals surface area contributed by atoms with Gasteiger partial charge in [-0.3, -0.25) is 0 Å². The Labute approximate surface area is 114 Å². The van der Waals surface area contributed by atoms with Gasteiger partial charge in [-0.05, 0) is 5.56 Å². The van der Waals surface area contributed by atoms with Gasteiger partial charge >= 0.3 is 0 Å². The largest absolute Gasteiger partial charge is 0.390 e. The molecule has 0 amide bonds. The molecule has 5 unspecified atom stereocenters. The van der Waals surface area contributed by atoms with E-state index < -0.39 is 0 Å². The first kappa shape index (κ1) is 13.1. The molecule has 0 aromatic heterocycles. The van der Waals surface area contributed by atoms with Crippen molar-refractivity contribution in [3.63, 3.8) is 0 Å². The molecule has 2 saturated heterocycles. The van der Waals surface area contributed by atoms with Crippen LogP contribution in [0.3, 0.4) is 0 Å². The van der Waals surface area contributed by atoms with Gasteiger partial charge in [0.2, 0.25) is 0 Å². The third kappa shape index (κ3) is 2.42. The Morgan fingerprint density at radius 3 is 2.68 bits per heavy atom. The van der Waals surface area contributed by atoms with E-state index in [2.05, 4.69) is 26.0 Å². The van der Waals surface area contributed by atoms with Crippen LogP contribution in [0.2, 0.25) is 0 Å². The van der Waals surface area contributed by atoms with E-state index in [9.17, 15) is 5.11 Å². The summed E-state index contributed by atoms with van der Waals surface area (Å²) in [6.07, 6.45) is 0.689. The Hall–Kier alpha value is -0.900. The zero-order valence-corrected chi connectivity index (χ0v) is 11.5. The van der Waals surface area contributed by atoms with Crippen LogP contribution in [-0.4, -0.2) is 29.5 Å². The smallest absolute Gasteiger partial charge is 0.0889 e. The summed E-state index contributed by atoms with van der Waals surface area (Å²) in [6.45, 7) is 4.93. The number of aliphatic hydroxyl groups is 1. The SMILES string of the molecule is CC1C2C[C@@H](O)C(O2)C(C)C1OCc1ccccc1. The summed E-state index contributed by atoms with van der Waals surface area (Å²) in [7, 11) is 0. The van der Waals surface area contributed by atoms with Crippen LogP contribution >= 0.6 is 0 Å². The van der Waals surface area contributed by atoms with Gasteiger partial charge in [0.05, 0.1) is 31.0 Å². The van der Waals surface area contributed by atoms with Crippen LogP contribution in [0.1, 0.15) is 25.8 Å². The number of aliphatic hydroxyl groups excluding tert-OH is 1. The lowest BCUT2D eigenvalue weighted by atomic mass is 9.86. The van der Waals surface area contributed by atoms with Crippen molar-refractivity contribution >= 4 is 0 Å². The summed E-state index contributed by atoms with van der Waals surface area (Å²) < 4.78 is 12.0. The fraction of sp³-hybridized carbons (Fsp3) is 0.625. The Morgan fingerprint density at radius 1 is 1.21 bits per heavy atom. The van der Waals surface area contributed by atoms with Crippen LogP contribution in [0.25, 0.3) is 0 Å². The molecule has 0 aliphatic carbocycles. The average Bonchev–Trinajstić information content (AvgIpc) is 2.78. The first-order valence-electron chi connectivity index (χ1n) is 7.16. The predicted octanol–water partition coefficient (Wildman–Crippen LogP) is 2.38. The molecule has 3 nitrogen and oxygen atoms in total. The van der Waals surface area contributed by atoms with Crippen molar-refractivity contribution in [1.29, 1.82) is 0 Å². The molecule has 1 aromatic rings. The summed E-state index contributed by atoms with van der Waals surface area (Å²) in [6, 6.07) is 10.2. The van der Waals surface area contributed by atoms with Gasteiger partial charge in [-0.25, -0.2) is 0 Å². The highest BCUT2D eigenvalue weighted by Gasteiger charge is 2.50. The Bertz CT molecular complexity index is 419. The molecule has 2 heterocycles. The van der Waals surface area contributed by atoms with Crippen molar-refractivity contribution in [1.82, 2.24) is 0 Å². The molecule has 104 valence electrons. The summed E-state index contributed by atoms with van der Waals surface area (Å²) >= 11 is 0. The van der Waals surface area contributed by atoms with Crippen LogP contribution in [0.4, 0.5) is 0 Å². The molecule has 2 aliphatic heterocycles. The number of rotatable bonds is 3. The number of ether oxygens (including phenoxy) is 2. The summed E-state index contributed by atoms with van der Waals surface area (Å²) in [5.41, 5.74) is 1.20. The Kier molecular flexibility index (Phi) is 3.61. The molecular formula is C16H22O3. The quantitative estimate of drug-likeness (QED) is 0.909. The molecule has 0 saturated carbocycles. The highest BCUT2D eigenvalue weighted by atomic mass is 16.5. The highest BCUT2D eigenvalue weighted by Crippen LogP contribution is 2.41. The second-order valence-corrected chi connectivity index (χ2v) is 5.92. The van der Waals surface area contributed by atoms with Gasteiger partial charge in [0, 0.05) is 18.3 Å².